The van der Waals surface area contributed by atoms with Crippen molar-refractivity contribution in [1.82, 2.24) is 4.90 Å². The molecule has 2 rings (SSSR count). The lowest BCUT2D eigenvalue weighted by Gasteiger charge is -2.34. The van der Waals surface area contributed by atoms with Crippen molar-refractivity contribution in [3.05, 3.63) is 20.8 Å². The Morgan fingerprint density at radius 3 is 2.71 bits per heavy atom. The Morgan fingerprint density at radius 1 is 1.53 bits per heavy atom. The van der Waals surface area contributed by atoms with Crippen LogP contribution in [0.25, 0.3) is 0 Å². The molecule has 1 aromatic heterocycles. The summed E-state index contributed by atoms with van der Waals surface area (Å²) in [5, 5.41) is 1.93. The average Bonchev–Trinajstić information content (AvgIpc) is 2.62. The van der Waals surface area contributed by atoms with Gasteiger partial charge in [0.1, 0.15) is 0 Å². The van der Waals surface area contributed by atoms with Gasteiger partial charge in [-0.15, -0.1) is 11.3 Å². The number of carbonyl (C=O) groups is 1. The number of morpholine rings is 1. The fraction of sp³-hybridized carbons (Fsp3) is 0.583. The molecule has 17 heavy (non-hydrogen) atoms. The van der Waals surface area contributed by atoms with Crippen molar-refractivity contribution in [1.29, 1.82) is 0 Å². The Kier molecular flexibility index (Phi) is 4.36. The molecule has 0 aromatic carbocycles. The molecule has 0 radical (unpaired) electrons. The third kappa shape index (κ3) is 3.37. The van der Waals surface area contributed by atoms with Gasteiger partial charge in [0.05, 0.1) is 23.6 Å². The fourth-order valence-corrected chi connectivity index (χ4v) is 3.71. The Balaban J connectivity index is 1.97. The molecule has 1 aromatic rings. The molecule has 3 nitrogen and oxygen atoms in total. The highest BCUT2D eigenvalue weighted by molar-refractivity contribution is 9.10. The highest BCUT2D eigenvalue weighted by Gasteiger charge is 2.24. The van der Waals surface area contributed by atoms with E-state index in [1.807, 2.05) is 25.3 Å². The average molecular weight is 318 g/mol. The van der Waals surface area contributed by atoms with E-state index in [1.165, 1.54) is 11.3 Å². The number of ketones is 1. The van der Waals surface area contributed by atoms with E-state index in [-0.39, 0.29) is 18.0 Å². The second-order valence-electron chi connectivity index (χ2n) is 4.47. The van der Waals surface area contributed by atoms with Crippen LogP contribution in [-0.4, -0.2) is 42.5 Å². The minimum absolute atomic E-state index is 0.188. The molecule has 0 spiro atoms. The van der Waals surface area contributed by atoms with E-state index in [0.717, 1.165) is 22.4 Å². The molecule has 94 valence electrons. The number of thiophene rings is 1. The summed E-state index contributed by atoms with van der Waals surface area (Å²) in [7, 11) is 0. The van der Waals surface area contributed by atoms with Crippen LogP contribution in [0.4, 0.5) is 0 Å². The Bertz CT molecular complexity index is 397. The van der Waals surface area contributed by atoms with Gasteiger partial charge in [0.15, 0.2) is 5.78 Å². The minimum Gasteiger partial charge on any atom is -0.373 e. The maximum Gasteiger partial charge on any atom is 0.187 e. The first kappa shape index (κ1) is 13.2. The number of nitrogens with zero attached hydrogens (tertiary/aromatic N) is 1. The Morgan fingerprint density at radius 2 is 2.18 bits per heavy atom. The van der Waals surface area contributed by atoms with Crippen LogP contribution in [0, 0.1) is 0 Å². The molecule has 2 atom stereocenters. The summed E-state index contributed by atoms with van der Waals surface area (Å²) >= 11 is 4.90. The number of ether oxygens (including phenoxy) is 1. The first-order valence-corrected chi connectivity index (χ1v) is 7.37. The first-order valence-electron chi connectivity index (χ1n) is 5.70. The summed E-state index contributed by atoms with van der Waals surface area (Å²) < 4.78 is 6.56. The van der Waals surface area contributed by atoms with Crippen LogP contribution >= 0.6 is 27.3 Å². The quantitative estimate of drug-likeness (QED) is 0.803. The van der Waals surface area contributed by atoms with Crippen LogP contribution in [0.5, 0.6) is 0 Å². The lowest BCUT2D eigenvalue weighted by molar-refractivity contribution is -0.0652. The monoisotopic (exact) mass is 317 g/mol. The summed E-state index contributed by atoms with van der Waals surface area (Å²) in [5.41, 5.74) is 0. The lowest BCUT2D eigenvalue weighted by Crippen LogP contribution is -2.47. The minimum atomic E-state index is 0.188. The van der Waals surface area contributed by atoms with E-state index >= 15 is 0 Å². The predicted molar refractivity (Wildman–Crippen MR) is 72.8 cm³/mol. The van der Waals surface area contributed by atoms with E-state index in [0.29, 0.717) is 6.54 Å². The number of hydrogen-bond acceptors (Lipinski definition) is 4. The lowest BCUT2D eigenvalue weighted by atomic mass is 10.2. The summed E-state index contributed by atoms with van der Waals surface area (Å²) in [6, 6.07) is 1.92. The largest absolute Gasteiger partial charge is 0.373 e. The molecule has 2 heterocycles. The van der Waals surface area contributed by atoms with Gasteiger partial charge in [-0.3, -0.25) is 9.69 Å². The number of Topliss-reactive ketones (excluding diaryl/α,β-unsaturated/α-hetero) is 1. The number of hydrogen-bond donors (Lipinski definition) is 0. The molecular formula is C12H16BrNO2S. The highest BCUT2D eigenvalue weighted by atomic mass is 79.9. The van der Waals surface area contributed by atoms with Gasteiger partial charge in [0, 0.05) is 17.6 Å². The molecule has 0 saturated carbocycles. The summed E-state index contributed by atoms with van der Waals surface area (Å²) in [6.07, 6.45) is 0.414. The van der Waals surface area contributed by atoms with E-state index in [4.69, 9.17) is 4.74 Å². The fourth-order valence-electron chi connectivity index (χ4n) is 2.18. The second-order valence-corrected chi connectivity index (χ2v) is 6.24. The van der Waals surface area contributed by atoms with E-state index in [9.17, 15) is 4.79 Å². The van der Waals surface area contributed by atoms with Gasteiger partial charge < -0.3 is 4.74 Å². The van der Waals surface area contributed by atoms with E-state index in [2.05, 4.69) is 20.8 Å². The van der Waals surface area contributed by atoms with Crippen LogP contribution in [0.3, 0.4) is 0 Å². The van der Waals surface area contributed by atoms with E-state index in [1.54, 1.807) is 0 Å². The van der Waals surface area contributed by atoms with Crippen molar-refractivity contribution in [3.63, 3.8) is 0 Å². The number of carbonyl (C=O) groups excluding carboxylic acids is 1. The summed E-state index contributed by atoms with van der Waals surface area (Å²) in [6.45, 7) is 6.25. The molecule has 1 aliphatic heterocycles. The van der Waals surface area contributed by atoms with Crippen molar-refractivity contribution >= 4 is 33.0 Å². The van der Waals surface area contributed by atoms with Gasteiger partial charge >= 0.3 is 0 Å². The first-order chi connectivity index (χ1) is 8.06. The third-order valence-electron chi connectivity index (χ3n) is 2.73. The summed E-state index contributed by atoms with van der Waals surface area (Å²) in [5.74, 6) is 0.188. The van der Waals surface area contributed by atoms with Crippen LogP contribution in [0.1, 0.15) is 23.5 Å². The van der Waals surface area contributed by atoms with Crippen molar-refractivity contribution in [3.8, 4) is 0 Å². The maximum absolute atomic E-state index is 12.1. The van der Waals surface area contributed by atoms with Gasteiger partial charge in [-0.05, 0) is 41.2 Å². The molecular weight excluding hydrogens is 302 g/mol. The third-order valence-corrected chi connectivity index (χ3v) is 4.61. The van der Waals surface area contributed by atoms with E-state index < -0.39 is 0 Å². The van der Waals surface area contributed by atoms with Gasteiger partial charge in [-0.2, -0.15) is 0 Å². The molecule has 5 heteroatoms. The maximum atomic E-state index is 12.1. The second kappa shape index (κ2) is 5.61. The highest BCUT2D eigenvalue weighted by Crippen LogP contribution is 2.23. The molecule has 0 amide bonds. The van der Waals surface area contributed by atoms with Gasteiger partial charge in [-0.25, -0.2) is 0 Å². The molecule has 0 unspecified atom stereocenters. The van der Waals surface area contributed by atoms with Crippen molar-refractivity contribution in [2.24, 2.45) is 0 Å². The standard InChI is InChI=1S/C12H16BrNO2S/c1-8-5-14(6-9(2)16-8)7-11(15)12-10(13)3-4-17-12/h3-4,8-9H,5-7H2,1-2H3/t8-,9+. The zero-order valence-electron chi connectivity index (χ0n) is 9.98. The molecule has 1 aliphatic rings. The number of rotatable bonds is 3. The topological polar surface area (TPSA) is 29.5 Å². The molecule has 1 fully saturated rings. The van der Waals surface area contributed by atoms with Gasteiger partial charge in [0.25, 0.3) is 0 Å². The Labute approximate surface area is 114 Å². The zero-order valence-corrected chi connectivity index (χ0v) is 12.4. The van der Waals surface area contributed by atoms with Crippen LogP contribution in [0.15, 0.2) is 15.9 Å². The molecule has 0 N–H and O–H groups in total. The van der Waals surface area contributed by atoms with Crippen molar-refractivity contribution in [2.45, 2.75) is 26.1 Å². The zero-order chi connectivity index (χ0) is 12.4. The normalized spacial score (nSPS) is 26.1. The molecule has 1 saturated heterocycles. The van der Waals surface area contributed by atoms with Crippen LogP contribution in [0.2, 0.25) is 0 Å². The van der Waals surface area contributed by atoms with Crippen molar-refractivity contribution < 1.29 is 9.53 Å². The van der Waals surface area contributed by atoms with Gasteiger partial charge in [0.2, 0.25) is 0 Å². The van der Waals surface area contributed by atoms with Crippen molar-refractivity contribution in [2.75, 3.05) is 19.6 Å². The Hall–Kier alpha value is -0.230. The predicted octanol–water partition coefficient (Wildman–Crippen LogP) is 2.80. The molecule has 0 bridgehead atoms. The SMILES string of the molecule is C[C@@H]1CN(CC(=O)c2sccc2Br)C[C@H](C)O1. The van der Waals surface area contributed by atoms with Crippen LogP contribution < -0.4 is 0 Å². The molecule has 0 aliphatic carbocycles. The van der Waals surface area contributed by atoms with Gasteiger partial charge in [-0.1, -0.05) is 0 Å². The smallest absolute Gasteiger partial charge is 0.187 e. The van der Waals surface area contributed by atoms with Crippen LogP contribution in [-0.2, 0) is 4.74 Å². The number of halogens is 1. The summed E-state index contributed by atoms with van der Waals surface area (Å²) in [4.78, 5) is 15.1.